The maximum atomic E-state index is 11.0. The molecular weight excluding hydrogens is 834 g/mol. The molecule has 3 aliphatic rings. The van der Waals surface area contributed by atoms with Crippen LogP contribution in [0.5, 0.6) is 0 Å². The first-order valence-corrected chi connectivity index (χ1v) is 22.7. The number of aliphatic hydroxyl groups is 8. The van der Waals surface area contributed by atoms with Crippen LogP contribution in [0.15, 0.2) is 10.2 Å². The van der Waals surface area contributed by atoms with Crippen molar-refractivity contribution in [3.63, 3.8) is 0 Å². The summed E-state index contributed by atoms with van der Waals surface area (Å²) in [6.45, 7) is 11.7. The quantitative estimate of drug-likeness (QED) is 0.0363. The molecule has 1 aliphatic carbocycles. The SMILES string of the molecule is C=C(CC1(C)CCC(CC)(OCO)[C@](C)([I-]C)CC1)I(CC)OC[C@@H]1OC(CO)[C@@H](O)C(O)C1OC1OC(CO)[C@@H](O)C(O)C1O. The van der Waals surface area contributed by atoms with E-state index >= 15 is 0 Å². The summed E-state index contributed by atoms with van der Waals surface area (Å²) in [6.07, 6.45) is -8.89. The fourth-order valence-corrected chi connectivity index (χ4v) is 13.6. The van der Waals surface area contributed by atoms with Gasteiger partial charge in [-0.15, -0.1) is 0 Å². The van der Waals surface area contributed by atoms with Crippen molar-refractivity contribution in [1.82, 2.24) is 0 Å². The van der Waals surface area contributed by atoms with E-state index in [-0.39, 0.29) is 49.0 Å². The van der Waals surface area contributed by atoms with Crippen LogP contribution in [-0.2, 0) is 22.0 Å². The second kappa shape index (κ2) is 17.7. The standard InChI is InChI=1S/C31H57I2O13/c1-7-31(42-17-36)12-10-29(4,9-11-30(31,5)32-6)13-18(3)33(8-2)43-16-21-27(25(40)23(38)19(14-34)44-21)46-28-26(41)24(39)22(37)20(15-35)45-28/h19-28,34-41H,3,7-17H2,1-2,4-6H3/q-1/t19?,20?,21-,22+,23+,24?,25?,26?,27?,28?,29?,30+,31?/m0/s1. The number of ether oxygens (including phenoxy) is 4. The first-order chi connectivity index (χ1) is 21.7. The monoisotopic (exact) mass is 891 g/mol. The van der Waals surface area contributed by atoms with E-state index in [0.717, 1.165) is 46.5 Å². The van der Waals surface area contributed by atoms with Crippen molar-refractivity contribution in [2.45, 2.75) is 136 Å². The second-order valence-corrected chi connectivity index (χ2v) is 22.0. The molecular formula is C31H57I2O13-. The van der Waals surface area contributed by atoms with Crippen molar-refractivity contribution < 1.29 is 84.1 Å². The fraction of sp³-hybridized carbons (Fsp3) is 0.935. The van der Waals surface area contributed by atoms with Gasteiger partial charge in [0.05, 0.1) is 0 Å². The van der Waals surface area contributed by atoms with Gasteiger partial charge < -0.3 is 0 Å². The van der Waals surface area contributed by atoms with Gasteiger partial charge in [0.2, 0.25) is 0 Å². The number of rotatable bonds is 15. The molecule has 2 aliphatic heterocycles. The molecule has 0 aromatic heterocycles. The molecule has 0 radical (unpaired) electrons. The van der Waals surface area contributed by atoms with E-state index in [2.05, 4.69) is 32.3 Å². The normalized spacial score (nSPS) is 44.2. The topological polar surface area (TPSA) is 208 Å². The molecule has 1 saturated carbocycles. The Labute approximate surface area is 290 Å². The van der Waals surface area contributed by atoms with Crippen molar-refractivity contribution in [1.29, 1.82) is 0 Å². The summed E-state index contributed by atoms with van der Waals surface area (Å²) >= 11 is -2.46. The van der Waals surface area contributed by atoms with Crippen LogP contribution < -0.4 is 21.2 Å². The van der Waals surface area contributed by atoms with Crippen LogP contribution in [0.1, 0.15) is 66.2 Å². The molecule has 0 aromatic rings. The van der Waals surface area contributed by atoms with Crippen LogP contribution in [0, 0.1) is 5.41 Å². The van der Waals surface area contributed by atoms with Crippen molar-refractivity contribution in [2.24, 2.45) is 5.41 Å². The van der Waals surface area contributed by atoms with Crippen LogP contribution in [0.2, 0.25) is 0 Å². The minimum atomic E-state index is -2.29. The molecule has 8 N–H and O–H groups in total. The first-order valence-electron chi connectivity index (χ1n) is 16.0. The second-order valence-electron chi connectivity index (χ2n) is 13.1. The number of alkyl halides is 3. The maximum absolute atomic E-state index is 11.0. The summed E-state index contributed by atoms with van der Waals surface area (Å²) in [5.74, 6) is 0. The predicted molar refractivity (Wildman–Crippen MR) is 173 cm³/mol. The molecule has 9 unspecified atom stereocenters. The number of hydrogen-bond acceptors (Lipinski definition) is 13. The molecule has 3 fully saturated rings. The van der Waals surface area contributed by atoms with E-state index in [1.807, 2.05) is 6.92 Å². The zero-order chi connectivity index (χ0) is 34.4. The molecule has 2 heterocycles. The van der Waals surface area contributed by atoms with E-state index < -0.39 is 94.7 Å². The van der Waals surface area contributed by atoms with Crippen molar-refractivity contribution in [3.8, 4) is 0 Å². The van der Waals surface area contributed by atoms with Gasteiger partial charge in [0.1, 0.15) is 0 Å². The van der Waals surface area contributed by atoms with Crippen LogP contribution in [0.25, 0.3) is 0 Å². The van der Waals surface area contributed by atoms with Crippen molar-refractivity contribution in [2.75, 3.05) is 36.0 Å². The Morgan fingerprint density at radius 1 is 0.848 bits per heavy atom. The number of hydrogen-bond donors (Lipinski definition) is 8. The van der Waals surface area contributed by atoms with Gasteiger partial charge in [0, 0.05) is 0 Å². The van der Waals surface area contributed by atoms with E-state index in [0.29, 0.717) is 0 Å². The van der Waals surface area contributed by atoms with Gasteiger partial charge in [-0.05, 0) is 0 Å². The summed E-state index contributed by atoms with van der Waals surface area (Å²) in [5, 5.41) is 81.6. The van der Waals surface area contributed by atoms with Crippen LogP contribution in [0.4, 0.5) is 0 Å². The predicted octanol–water partition coefficient (Wildman–Crippen LogP) is -2.81. The van der Waals surface area contributed by atoms with Crippen LogP contribution in [0.3, 0.4) is 0 Å². The minimum absolute atomic E-state index is 0.0281. The molecule has 13 atom stereocenters. The Bertz CT molecular complexity index is 963. The number of halogens is 2. The van der Waals surface area contributed by atoms with Gasteiger partial charge in [0.25, 0.3) is 0 Å². The summed E-state index contributed by atoms with van der Waals surface area (Å²) in [7, 11) is 0. The van der Waals surface area contributed by atoms with Gasteiger partial charge in [-0.1, -0.05) is 0 Å². The molecule has 13 nitrogen and oxygen atoms in total. The summed E-state index contributed by atoms with van der Waals surface area (Å²) in [5.41, 5.74) is -0.384. The zero-order valence-electron chi connectivity index (χ0n) is 27.6. The molecule has 0 bridgehead atoms. The van der Waals surface area contributed by atoms with E-state index in [1.54, 1.807) is 0 Å². The van der Waals surface area contributed by atoms with Gasteiger partial charge in [0.15, 0.2) is 0 Å². The number of allylic oxidation sites excluding steroid dienone is 1. The van der Waals surface area contributed by atoms with Crippen molar-refractivity contribution >= 4 is 20.2 Å². The third kappa shape index (κ3) is 8.93. The average molecular weight is 892 g/mol. The Balaban J connectivity index is 1.73. The first kappa shape index (κ1) is 41.1. The molecule has 15 heteroatoms. The molecule has 0 amide bonds. The third-order valence-electron chi connectivity index (χ3n) is 10.2. The van der Waals surface area contributed by atoms with Crippen LogP contribution in [-0.4, -0.2) is 147 Å². The fourth-order valence-electron chi connectivity index (χ4n) is 6.91. The van der Waals surface area contributed by atoms with E-state index in [4.69, 9.17) is 22.0 Å². The summed E-state index contributed by atoms with van der Waals surface area (Å²) < 4.78 is 31.7. The number of aliphatic hydroxyl groups excluding tert-OH is 8. The molecule has 0 spiro atoms. The third-order valence-corrected chi connectivity index (χ3v) is 18.7. The summed E-state index contributed by atoms with van der Waals surface area (Å²) in [4.78, 5) is 2.29. The Morgan fingerprint density at radius 2 is 1.46 bits per heavy atom. The van der Waals surface area contributed by atoms with E-state index in [1.165, 1.54) is 0 Å². The Hall–Kier alpha value is 0.680. The van der Waals surface area contributed by atoms with Gasteiger partial charge >= 0.3 is 292 Å². The van der Waals surface area contributed by atoms with Gasteiger partial charge in [-0.2, -0.15) is 0 Å². The Kier molecular flexibility index (Phi) is 15.9. The average Bonchev–Trinajstić information content (AvgIpc) is 3.15. The molecule has 46 heavy (non-hydrogen) atoms. The van der Waals surface area contributed by atoms with E-state index in [9.17, 15) is 40.9 Å². The molecule has 3 rings (SSSR count). The molecule has 274 valence electrons. The van der Waals surface area contributed by atoms with Gasteiger partial charge in [-0.25, -0.2) is 0 Å². The van der Waals surface area contributed by atoms with Gasteiger partial charge in [-0.3, -0.25) is 0 Å². The van der Waals surface area contributed by atoms with Crippen molar-refractivity contribution in [3.05, 3.63) is 10.2 Å². The Morgan fingerprint density at radius 3 is 2.02 bits per heavy atom. The molecule has 0 aromatic carbocycles. The molecule has 2 saturated heterocycles. The summed E-state index contributed by atoms with van der Waals surface area (Å²) in [6, 6.07) is 0. The zero-order valence-corrected chi connectivity index (χ0v) is 31.9. The van der Waals surface area contributed by atoms with Crippen LogP contribution >= 0.6 is 20.2 Å².